The zero-order valence-electron chi connectivity index (χ0n) is 9.03. The number of aryl methyl sites for hydroxylation is 1. The summed E-state index contributed by atoms with van der Waals surface area (Å²) in [6, 6.07) is 6.26. The first kappa shape index (κ1) is 10.6. The number of fused-ring (bicyclic) bond motifs is 1. The van der Waals surface area contributed by atoms with Crippen molar-refractivity contribution in [3.8, 4) is 0 Å². The maximum absolute atomic E-state index is 11.4. The van der Waals surface area contributed by atoms with Gasteiger partial charge in [-0.15, -0.1) is 0 Å². The zero-order valence-corrected chi connectivity index (χ0v) is 9.84. The molecule has 0 saturated heterocycles. The molecule has 0 saturated carbocycles. The van der Waals surface area contributed by atoms with Crippen LogP contribution in [0, 0.1) is 6.92 Å². The van der Waals surface area contributed by atoms with E-state index in [1.54, 1.807) is 0 Å². The van der Waals surface area contributed by atoms with E-state index in [0.717, 1.165) is 12.0 Å². The molecule has 0 fully saturated rings. The standard InChI is InChI=1S/C11H15NO2S/c1-9-3-4-10-5-6-12(15(2,13)14)8-11(10)7-9/h3-4,7H,5-6,8H2,1-2H3. The van der Waals surface area contributed by atoms with Crippen LogP contribution < -0.4 is 0 Å². The fourth-order valence-corrected chi connectivity index (χ4v) is 2.74. The van der Waals surface area contributed by atoms with E-state index in [2.05, 4.69) is 18.2 Å². The first-order valence-corrected chi connectivity index (χ1v) is 6.85. The van der Waals surface area contributed by atoms with E-state index in [1.165, 1.54) is 21.7 Å². The minimum atomic E-state index is -3.05. The van der Waals surface area contributed by atoms with Gasteiger partial charge in [0.2, 0.25) is 10.0 Å². The molecular weight excluding hydrogens is 210 g/mol. The van der Waals surface area contributed by atoms with Gasteiger partial charge in [-0.25, -0.2) is 8.42 Å². The number of hydrogen-bond donors (Lipinski definition) is 0. The van der Waals surface area contributed by atoms with Crippen molar-refractivity contribution in [1.29, 1.82) is 0 Å². The second kappa shape index (κ2) is 3.61. The quantitative estimate of drug-likeness (QED) is 0.722. The molecule has 0 radical (unpaired) electrons. The van der Waals surface area contributed by atoms with Crippen molar-refractivity contribution in [2.24, 2.45) is 0 Å². The normalized spacial score (nSPS) is 17.5. The maximum Gasteiger partial charge on any atom is 0.211 e. The monoisotopic (exact) mass is 225 g/mol. The predicted octanol–water partition coefficient (Wildman–Crippen LogP) is 1.31. The molecule has 1 aliphatic heterocycles. The van der Waals surface area contributed by atoms with Crippen LogP contribution in [-0.2, 0) is 23.0 Å². The molecule has 4 heteroatoms. The lowest BCUT2D eigenvalue weighted by Gasteiger charge is -2.26. The minimum Gasteiger partial charge on any atom is -0.212 e. The highest BCUT2D eigenvalue weighted by molar-refractivity contribution is 7.88. The summed E-state index contributed by atoms with van der Waals surface area (Å²) >= 11 is 0. The Morgan fingerprint density at radius 3 is 2.67 bits per heavy atom. The summed E-state index contributed by atoms with van der Waals surface area (Å²) in [5.74, 6) is 0. The van der Waals surface area contributed by atoms with Crippen molar-refractivity contribution in [1.82, 2.24) is 4.31 Å². The van der Waals surface area contributed by atoms with Crippen LogP contribution in [0.1, 0.15) is 16.7 Å². The summed E-state index contributed by atoms with van der Waals surface area (Å²) in [5.41, 5.74) is 3.61. The molecule has 82 valence electrons. The van der Waals surface area contributed by atoms with Crippen LogP contribution in [0.3, 0.4) is 0 Å². The summed E-state index contributed by atoms with van der Waals surface area (Å²) in [6.07, 6.45) is 2.09. The molecule has 0 unspecified atom stereocenters. The fourth-order valence-electron chi connectivity index (χ4n) is 1.94. The van der Waals surface area contributed by atoms with Gasteiger partial charge in [-0.3, -0.25) is 0 Å². The summed E-state index contributed by atoms with van der Waals surface area (Å²) in [7, 11) is -3.05. The Hall–Kier alpha value is -0.870. The van der Waals surface area contributed by atoms with Gasteiger partial charge in [0.15, 0.2) is 0 Å². The Balaban J connectivity index is 2.34. The molecule has 3 nitrogen and oxygen atoms in total. The lowest BCUT2D eigenvalue weighted by atomic mass is 9.99. The van der Waals surface area contributed by atoms with Gasteiger partial charge in [0.25, 0.3) is 0 Å². The third-order valence-corrected chi connectivity index (χ3v) is 4.06. The van der Waals surface area contributed by atoms with Gasteiger partial charge in [-0.1, -0.05) is 23.8 Å². The molecule has 2 rings (SSSR count). The lowest BCUT2D eigenvalue weighted by Crippen LogP contribution is -2.35. The van der Waals surface area contributed by atoms with Gasteiger partial charge in [-0.05, 0) is 24.5 Å². The first-order chi connectivity index (χ1) is 6.97. The van der Waals surface area contributed by atoms with E-state index < -0.39 is 10.0 Å². The Morgan fingerprint density at radius 1 is 1.27 bits per heavy atom. The van der Waals surface area contributed by atoms with E-state index in [9.17, 15) is 8.42 Å². The minimum absolute atomic E-state index is 0.524. The van der Waals surface area contributed by atoms with Crippen LogP contribution in [0.15, 0.2) is 18.2 Å². The van der Waals surface area contributed by atoms with Gasteiger partial charge in [0, 0.05) is 13.1 Å². The van der Waals surface area contributed by atoms with E-state index in [0.29, 0.717) is 13.1 Å². The summed E-state index contributed by atoms with van der Waals surface area (Å²) < 4.78 is 24.4. The number of nitrogens with zero attached hydrogens (tertiary/aromatic N) is 1. The Kier molecular flexibility index (Phi) is 2.56. The predicted molar refractivity (Wildman–Crippen MR) is 60.1 cm³/mol. The Morgan fingerprint density at radius 2 is 2.00 bits per heavy atom. The molecule has 0 aliphatic carbocycles. The average Bonchev–Trinajstić information content (AvgIpc) is 2.15. The SMILES string of the molecule is Cc1ccc2c(c1)CN(S(C)(=O)=O)CC2. The third-order valence-electron chi connectivity index (χ3n) is 2.81. The molecule has 0 bridgehead atoms. The van der Waals surface area contributed by atoms with Gasteiger partial charge in [0.1, 0.15) is 0 Å². The summed E-state index contributed by atoms with van der Waals surface area (Å²) in [6.45, 7) is 3.16. The van der Waals surface area contributed by atoms with Gasteiger partial charge in [0.05, 0.1) is 6.26 Å². The second-order valence-electron chi connectivity index (χ2n) is 4.12. The molecule has 0 amide bonds. The van der Waals surface area contributed by atoms with Crippen molar-refractivity contribution in [3.63, 3.8) is 0 Å². The highest BCUT2D eigenvalue weighted by Crippen LogP contribution is 2.21. The van der Waals surface area contributed by atoms with E-state index in [-0.39, 0.29) is 0 Å². The second-order valence-corrected chi connectivity index (χ2v) is 6.10. The lowest BCUT2D eigenvalue weighted by molar-refractivity contribution is 0.395. The highest BCUT2D eigenvalue weighted by atomic mass is 32.2. The first-order valence-electron chi connectivity index (χ1n) is 5.00. The summed E-state index contributed by atoms with van der Waals surface area (Å²) in [4.78, 5) is 0. The molecule has 1 aromatic rings. The zero-order chi connectivity index (χ0) is 11.1. The smallest absolute Gasteiger partial charge is 0.211 e. The molecule has 0 N–H and O–H groups in total. The Bertz CT molecular complexity index is 479. The van der Waals surface area contributed by atoms with E-state index in [1.807, 2.05) is 6.92 Å². The van der Waals surface area contributed by atoms with Gasteiger partial charge in [-0.2, -0.15) is 4.31 Å². The van der Waals surface area contributed by atoms with E-state index in [4.69, 9.17) is 0 Å². The van der Waals surface area contributed by atoms with Crippen molar-refractivity contribution in [3.05, 3.63) is 34.9 Å². The number of rotatable bonds is 1. The highest BCUT2D eigenvalue weighted by Gasteiger charge is 2.22. The van der Waals surface area contributed by atoms with Crippen LogP contribution in [0.4, 0.5) is 0 Å². The molecule has 0 spiro atoms. The van der Waals surface area contributed by atoms with Crippen LogP contribution in [0.2, 0.25) is 0 Å². The number of hydrogen-bond acceptors (Lipinski definition) is 2. The van der Waals surface area contributed by atoms with Crippen LogP contribution >= 0.6 is 0 Å². The molecule has 1 aliphatic rings. The molecular formula is C11H15NO2S. The van der Waals surface area contributed by atoms with Crippen LogP contribution in [0.25, 0.3) is 0 Å². The average molecular weight is 225 g/mol. The van der Waals surface area contributed by atoms with Crippen LogP contribution in [-0.4, -0.2) is 25.5 Å². The van der Waals surface area contributed by atoms with Gasteiger partial charge < -0.3 is 0 Å². The Labute approximate surface area is 90.8 Å². The molecule has 1 aromatic carbocycles. The molecule has 0 aromatic heterocycles. The largest absolute Gasteiger partial charge is 0.212 e. The van der Waals surface area contributed by atoms with Crippen LogP contribution in [0.5, 0.6) is 0 Å². The number of sulfonamides is 1. The maximum atomic E-state index is 11.4. The van der Waals surface area contributed by atoms with E-state index >= 15 is 0 Å². The van der Waals surface area contributed by atoms with Gasteiger partial charge >= 0.3 is 0 Å². The number of benzene rings is 1. The molecule has 15 heavy (non-hydrogen) atoms. The summed E-state index contributed by atoms with van der Waals surface area (Å²) in [5, 5.41) is 0. The topological polar surface area (TPSA) is 37.4 Å². The fraction of sp³-hybridized carbons (Fsp3) is 0.455. The van der Waals surface area contributed by atoms with Crippen molar-refractivity contribution in [2.75, 3.05) is 12.8 Å². The molecule has 0 atom stereocenters. The van der Waals surface area contributed by atoms with Crippen molar-refractivity contribution < 1.29 is 8.42 Å². The van der Waals surface area contributed by atoms with Crippen molar-refractivity contribution in [2.45, 2.75) is 19.9 Å². The van der Waals surface area contributed by atoms with Crippen molar-refractivity contribution >= 4 is 10.0 Å². The molecule has 1 heterocycles. The third kappa shape index (κ3) is 2.21.